The predicted molar refractivity (Wildman–Crippen MR) is 57.8 cm³/mol. The molecule has 0 radical (unpaired) electrons. The van der Waals surface area contributed by atoms with Gasteiger partial charge in [-0.25, -0.2) is 5.84 Å². The van der Waals surface area contributed by atoms with Crippen LogP contribution in [0.1, 0.15) is 19.3 Å². The number of aromatic amines is 1. The number of nitrogens with one attached hydrogen (secondary N) is 2. The summed E-state index contributed by atoms with van der Waals surface area (Å²) in [5.41, 5.74) is 3.03. The van der Waals surface area contributed by atoms with Gasteiger partial charge in [0.1, 0.15) is 11.5 Å². The fourth-order valence-electron chi connectivity index (χ4n) is 1.61. The van der Waals surface area contributed by atoms with E-state index in [0.717, 1.165) is 18.2 Å². The quantitative estimate of drug-likeness (QED) is 0.516. The van der Waals surface area contributed by atoms with Crippen LogP contribution in [0, 0.1) is 0 Å². The Morgan fingerprint density at radius 2 is 2.31 bits per heavy atom. The van der Waals surface area contributed by atoms with Crippen LogP contribution in [-0.4, -0.2) is 26.3 Å². The number of nitrogens with zero attached hydrogens (tertiary/aromatic N) is 3. The normalized spacial score (nSPS) is 16.1. The second kappa shape index (κ2) is 3.60. The van der Waals surface area contributed by atoms with E-state index in [2.05, 4.69) is 25.6 Å². The number of anilines is 1. The van der Waals surface area contributed by atoms with E-state index in [1.165, 1.54) is 6.42 Å². The molecule has 1 saturated carbocycles. The van der Waals surface area contributed by atoms with Crippen molar-refractivity contribution in [3.63, 3.8) is 0 Å². The Hall–Kier alpha value is -1.89. The van der Waals surface area contributed by atoms with Crippen molar-refractivity contribution in [2.24, 2.45) is 5.84 Å². The fourth-order valence-corrected chi connectivity index (χ4v) is 1.61. The summed E-state index contributed by atoms with van der Waals surface area (Å²) in [6.07, 6.45) is 5.29. The van der Waals surface area contributed by atoms with Crippen LogP contribution >= 0.6 is 0 Å². The lowest BCUT2D eigenvalue weighted by atomic mass is 9.96. The Morgan fingerprint density at radius 1 is 1.44 bits per heavy atom. The second-order valence-electron chi connectivity index (χ2n) is 3.80. The topological polar surface area (TPSA) is 102 Å². The molecule has 7 heteroatoms. The molecule has 0 atom stereocenters. The maximum atomic E-state index is 5.76. The van der Waals surface area contributed by atoms with Crippen LogP contribution < -0.4 is 16.0 Å². The van der Waals surface area contributed by atoms with Crippen molar-refractivity contribution in [2.45, 2.75) is 25.4 Å². The standard InChI is InChI=1S/C9H12N6O/c10-14-9-12-7-6(4-11-15-7)8(13-9)16-5-2-1-3-5/h4-5H,1-3,10H2,(H2,11,12,13,14,15). The molecule has 1 fully saturated rings. The van der Waals surface area contributed by atoms with Gasteiger partial charge in [0.15, 0.2) is 5.65 Å². The average molecular weight is 220 g/mol. The van der Waals surface area contributed by atoms with Gasteiger partial charge in [0.25, 0.3) is 0 Å². The highest BCUT2D eigenvalue weighted by molar-refractivity contribution is 5.80. The molecule has 16 heavy (non-hydrogen) atoms. The maximum Gasteiger partial charge on any atom is 0.242 e. The van der Waals surface area contributed by atoms with E-state index < -0.39 is 0 Å². The van der Waals surface area contributed by atoms with Gasteiger partial charge >= 0.3 is 0 Å². The summed E-state index contributed by atoms with van der Waals surface area (Å²) >= 11 is 0. The number of aromatic nitrogens is 4. The molecule has 0 saturated heterocycles. The highest BCUT2D eigenvalue weighted by atomic mass is 16.5. The molecule has 1 aliphatic carbocycles. The van der Waals surface area contributed by atoms with Gasteiger partial charge in [-0.15, -0.1) is 0 Å². The molecule has 2 aromatic heterocycles. The molecule has 1 aliphatic rings. The Bertz CT molecular complexity index is 506. The number of nitrogens with two attached hydrogens (primary N) is 1. The predicted octanol–water partition coefficient (Wildman–Crippen LogP) is 0.570. The van der Waals surface area contributed by atoms with E-state index in [1.807, 2.05) is 0 Å². The summed E-state index contributed by atoms with van der Waals surface area (Å²) in [5.74, 6) is 6.15. The number of hydrogen-bond donors (Lipinski definition) is 3. The molecular formula is C9H12N6O. The van der Waals surface area contributed by atoms with Gasteiger partial charge in [0, 0.05) is 0 Å². The van der Waals surface area contributed by atoms with Crippen LogP contribution in [-0.2, 0) is 0 Å². The minimum Gasteiger partial charge on any atom is -0.474 e. The van der Waals surface area contributed by atoms with Crippen LogP contribution in [0.5, 0.6) is 5.88 Å². The summed E-state index contributed by atoms with van der Waals surface area (Å²) in [7, 11) is 0. The van der Waals surface area contributed by atoms with Crippen LogP contribution in [0.25, 0.3) is 11.0 Å². The third kappa shape index (κ3) is 1.45. The van der Waals surface area contributed by atoms with Crippen molar-refractivity contribution in [3.8, 4) is 5.88 Å². The van der Waals surface area contributed by atoms with Crippen LogP contribution in [0.2, 0.25) is 0 Å². The SMILES string of the molecule is NNc1nc(OC2CCC2)c2cn[nH]c2n1. The Labute approximate surface area is 91.4 Å². The third-order valence-electron chi connectivity index (χ3n) is 2.73. The fraction of sp³-hybridized carbons (Fsp3) is 0.444. The van der Waals surface area contributed by atoms with Gasteiger partial charge in [-0.3, -0.25) is 10.5 Å². The Kier molecular flexibility index (Phi) is 2.10. The molecule has 3 rings (SSSR count). The first-order valence-corrected chi connectivity index (χ1v) is 5.21. The van der Waals surface area contributed by atoms with Crippen LogP contribution in [0.15, 0.2) is 6.20 Å². The Morgan fingerprint density at radius 3 is 3.00 bits per heavy atom. The van der Waals surface area contributed by atoms with Crippen molar-refractivity contribution >= 4 is 17.0 Å². The molecule has 7 nitrogen and oxygen atoms in total. The zero-order chi connectivity index (χ0) is 11.0. The van der Waals surface area contributed by atoms with E-state index >= 15 is 0 Å². The highest BCUT2D eigenvalue weighted by Gasteiger charge is 2.21. The molecule has 0 unspecified atom stereocenters. The second-order valence-corrected chi connectivity index (χ2v) is 3.80. The van der Waals surface area contributed by atoms with Crippen molar-refractivity contribution in [1.82, 2.24) is 20.2 Å². The van der Waals surface area contributed by atoms with Gasteiger partial charge < -0.3 is 4.74 Å². The molecule has 4 N–H and O–H groups in total. The molecule has 0 aliphatic heterocycles. The first-order chi connectivity index (χ1) is 7.86. The lowest BCUT2D eigenvalue weighted by Gasteiger charge is -2.25. The molecule has 0 spiro atoms. The summed E-state index contributed by atoms with van der Waals surface area (Å²) in [4.78, 5) is 8.30. The number of hydrogen-bond acceptors (Lipinski definition) is 6. The van der Waals surface area contributed by atoms with Crippen LogP contribution in [0.3, 0.4) is 0 Å². The number of nitrogen functional groups attached to an aromatic ring is 1. The van der Waals surface area contributed by atoms with E-state index in [0.29, 0.717) is 17.5 Å². The Balaban J connectivity index is 2.01. The van der Waals surface area contributed by atoms with Crippen molar-refractivity contribution < 1.29 is 4.74 Å². The van der Waals surface area contributed by atoms with Gasteiger partial charge in [-0.05, 0) is 19.3 Å². The molecule has 0 bridgehead atoms. The molecule has 84 valence electrons. The molecule has 2 aromatic rings. The maximum absolute atomic E-state index is 5.76. The van der Waals surface area contributed by atoms with Crippen molar-refractivity contribution in [1.29, 1.82) is 0 Å². The summed E-state index contributed by atoms with van der Waals surface area (Å²) in [6.45, 7) is 0. The first kappa shape index (κ1) is 9.34. The number of H-pyrrole nitrogens is 1. The lowest BCUT2D eigenvalue weighted by molar-refractivity contribution is 0.117. The third-order valence-corrected chi connectivity index (χ3v) is 2.73. The van der Waals surface area contributed by atoms with Crippen LogP contribution in [0.4, 0.5) is 5.95 Å². The lowest BCUT2D eigenvalue weighted by Crippen LogP contribution is -2.25. The van der Waals surface area contributed by atoms with Gasteiger partial charge in [0.05, 0.1) is 6.20 Å². The monoisotopic (exact) mass is 220 g/mol. The zero-order valence-corrected chi connectivity index (χ0v) is 8.60. The smallest absolute Gasteiger partial charge is 0.242 e. The average Bonchev–Trinajstić information content (AvgIpc) is 2.70. The van der Waals surface area contributed by atoms with E-state index in [4.69, 9.17) is 10.6 Å². The number of fused-ring (bicyclic) bond motifs is 1. The zero-order valence-electron chi connectivity index (χ0n) is 8.60. The highest BCUT2D eigenvalue weighted by Crippen LogP contribution is 2.28. The number of rotatable bonds is 3. The minimum absolute atomic E-state index is 0.263. The molecular weight excluding hydrogens is 208 g/mol. The molecule has 0 amide bonds. The van der Waals surface area contributed by atoms with E-state index in [1.54, 1.807) is 6.20 Å². The molecule has 2 heterocycles. The number of ether oxygens (including phenoxy) is 1. The summed E-state index contributed by atoms with van der Waals surface area (Å²) < 4.78 is 5.76. The minimum atomic E-state index is 0.263. The van der Waals surface area contributed by atoms with Crippen molar-refractivity contribution in [3.05, 3.63) is 6.20 Å². The first-order valence-electron chi connectivity index (χ1n) is 5.21. The number of hydrazine groups is 1. The summed E-state index contributed by atoms with van der Waals surface area (Å²) in [6, 6.07) is 0. The van der Waals surface area contributed by atoms with E-state index in [-0.39, 0.29) is 6.10 Å². The van der Waals surface area contributed by atoms with Crippen molar-refractivity contribution in [2.75, 3.05) is 5.43 Å². The molecule has 0 aromatic carbocycles. The summed E-state index contributed by atoms with van der Waals surface area (Å²) in [5, 5.41) is 7.46. The van der Waals surface area contributed by atoms with E-state index in [9.17, 15) is 0 Å². The largest absolute Gasteiger partial charge is 0.474 e. The van der Waals surface area contributed by atoms with Gasteiger partial charge in [-0.2, -0.15) is 15.1 Å². The van der Waals surface area contributed by atoms with Gasteiger partial charge in [-0.1, -0.05) is 0 Å². The van der Waals surface area contributed by atoms with Gasteiger partial charge in [0.2, 0.25) is 11.8 Å².